The van der Waals surface area contributed by atoms with Crippen LogP contribution in [0.2, 0.25) is 0 Å². The van der Waals surface area contributed by atoms with Crippen molar-refractivity contribution in [1.29, 1.82) is 0 Å². The molecule has 0 saturated heterocycles. The number of hydrogen-bond donors (Lipinski definition) is 0. The van der Waals surface area contributed by atoms with Crippen LogP contribution in [0.4, 0.5) is 0 Å². The molecule has 0 N–H and O–H groups in total. The van der Waals surface area contributed by atoms with Crippen molar-refractivity contribution in [2.45, 2.75) is 0 Å². The number of ketones is 1. The van der Waals surface area contributed by atoms with E-state index in [0.29, 0.717) is 16.9 Å². The van der Waals surface area contributed by atoms with Crippen molar-refractivity contribution in [3.8, 4) is 5.82 Å². The minimum atomic E-state index is -0.0441. The lowest BCUT2D eigenvalue weighted by atomic mass is 10.0. The summed E-state index contributed by atoms with van der Waals surface area (Å²) < 4.78 is 1.73. The molecule has 2 heterocycles. The molecule has 0 fully saturated rings. The number of carbonyl (C=O) groups excluding carboxylic acids is 1. The van der Waals surface area contributed by atoms with Crippen LogP contribution in [0.3, 0.4) is 0 Å². The SMILES string of the molecule is O=C(c1ccccc1)c1cccnc1-n1ccnc1. The van der Waals surface area contributed by atoms with Gasteiger partial charge in [-0.3, -0.25) is 9.36 Å². The molecule has 0 aliphatic carbocycles. The normalized spacial score (nSPS) is 10.3. The summed E-state index contributed by atoms with van der Waals surface area (Å²) in [7, 11) is 0. The maximum atomic E-state index is 12.5. The predicted octanol–water partition coefficient (Wildman–Crippen LogP) is 2.50. The Hall–Kier alpha value is -2.75. The average Bonchev–Trinajstić information content (AvgIpc) is 3.01. The molecular formula is C15H11N3O. The lowest BCUT2D eigenvalue weighted by Crippen LogP contribution is -2.08. The van der Waals surface area contributed by atoms with E-state index >= 15 is 0 Å². The van der Waals surface area contributed by atoms with Gasteiger partial charge in [-0.2, -0.15) is 0 Å². The molecule has 0 bridgehead atoms. The summed E-state index contributed by atoms with van der Waals surface area (Å²) in [6, 6.07) is 12.7. The summed E-state index contributed by atoms with van der Waals surface area (Å²) in [5, 5.41) is 0. The summed E-state index contributed by atoms with van der Waals surface area (Å²) in [4.78, 5) is 20.7. The second kappa shape index (κ2) is 4.86. The third-order valence-corrected chi connectivity index (χ3v) is 2.82. The summed E-state index contributed by atoms with van der Waals surface area (Å²) in [6.45, 7) is 0. The zero-order valence-electron chi connectivity index (χ0n) is 10.1. The van der Waals surface area contributed by atoms with Crippen LogP contribution in [0.25, 0.3) is 5.82 Å². The molecule has 0 aliphatic heterocycles. The Bertz CT molecular complexity index is 690. The lowest BCUT2D eigenvalue weighted by molar-refractivity contribution is 0.103. The quantitative estimate of drug-likeness (QED) is 0.670. The number of pyridine rings is 1. The minimum absolute atomic E-state index is 0.0441. The first-order valence-electron chi connectivity index (χ1n) is 5.89. The first-order valence-corrected chi connectivity index (χ1v) is 5.89. The molecule has 3 rings (SSSR count). The van der Waals surface area contributed by atoms with E-state index in [4.69, 9.17) is 0 Å². The van der Waals surface area contributed by atoms with Gasteiger partial charge in [-0.15, -0.1) is 0 Å². The van der Waals surface area contributed by atoms with E-state index in [1.807, 2.05) is 18.2 Å². The smallest absolute Gasteiger partial charge is 0.196 e. The molecule has 3 aromatic rings. The van der Waals surface area contributed by atoms with Gasteiger partial charge < -0.3 is 0 Å². The van der Waals surface area contributed by atoms with Crippen LogP contribution < -0.4 is 0 Å². The molecule has 4 heteroatoms. The van der Waals surface area contributed by atoms with Crippen LogP contribution in [0.5, 0.6) is 0 Å². The zero-order valence-corrected chi connectivity index (χ0v) is 10.1. The van der Waals surface area contributed by atoms with Crippen LogP contribution in [-0.4, -0.2) is 20.3 Å². The summed E-state index contributed by atoms with van der Waals surface area (Å²) in [5.74, 6) is 0.547. The van der Waals surface area contributed by atoms with Gasteiger partial charge in [0.05, 0.1) is 5.56 Å². The molecule has 0 saturated carbocycles. The first-order chi connectivity index (χ1) is 9.36. The fourth-order valence-corrected chi connectivity index (χ4v) is 1.91. The highest BCUT2D eigenvalue weighted by atomic mass is 16.1. The van der Waals surface area contributed by atoms with Gasteiger partial charge in [0.2, 0.25) is 0 Å². The molecule has 4 nitrogen and oxygen atoms in total. The molecule has 0 radical (unpaired) electrons. The number of carbonyl (C=O) groups is 1. The van der Waals surface area contributed by atoms with Gasteiger partial charge in [0.15, 0.2) is 5.78 Å². The zero-order chi connectivity index (χ0) is 13.1. The molecule has 92 valence electrons. The van der Waals surface area contributed by atoms with E-state index in [1.54, 1.807) is 53.8 Å². The topological polar surface area (TPSA) is 47.8 Å². The molecule has 0 atom stereocenters. The van der Waals surface area contributed by atoms with Gasteiger partial charge in [0.1, 0.15) is 12.1 Å². The Morgan fingerprint density at radius 3 is 2.58 bits per heavy atom. The number of aromatic nitrogens is 3. The molecule has 0 unspecified atom stereocenters. The number of benzene rings is 1. The van der Waals surface area contributed by atoms with Gasteiger partial charge in [-0.25, -0.2) is 9.97 Å². The second-order valence-electron chi connectivity index (χ2n) is 4.04. The van der Waals surface area contributed by atoms with Crippen LogP contribution in [0.1, 0.15) is 15.9 Å². The fraction of sp³-hybridized carbons (Fsp3) is 0. The predicted molar refractivity (Wildman–Crippen MR) is 71.2 cm³/mol. The van der Waals surface area contributed by atoms with Gasteiger partial charge in [0, 0.05) is 24.2 Å². The average molecular weight is 249 g/mol. The summed E-state index contributed by atoms with van der Waals surface area (Å²) >= 11 is 0. The Labute approximate surface area is 110 Å². The van der Waals surface area contributed by atoms with Crippen molar-refractivity contribution in [3.05, 3.63) is 78.5 Å². The molecule has 1 aromatic carbocycles. The Balaban J connectivity index is 2.09. The first kappa shape index (κ1) is 11.3. The minimum Gasteiger partial charge on any atom is -0.290 e. The number of rotatable bonds is 3. The third-order valence-electron chi connectivity index (χ3n) is 2.82. The molecule has 19 heavy (non-hydrogen) atoms. The van der Waals surface area contributed by atoms with Crippen molar-refractivity contribution < 1.29 is 4.79 Å². The Morgan fingerprint density at radius 1 is 1.00 bits per heavy atom. The highest BCUT2D eigenvalue weighted by Gasteiger charge is 2.14. The highest BCUT2D eigenvalue weighted by Crippen LogP contribution is 2.15. The molecule has 0 spiro atoms. The van der Waals surface area contributed by atoms with E-state index in [-0.39, 0.29) is 5.78 Å². The maximum absolute atomic E-state index is 12.5. The van der Waals surface area contributed by atoms with E-state index in [9.17, 15) is 4.79 Å². The van der Waals surface area contributed by atoms with E-state index in [1.165, 1.54) is 0 Å². The fourth-order valence-electron chi connectivity index (χ4n) is 1.91. The van der Waals surface area contributed by atoms with E-state index in [2.05, 4.69) is 9.97 Å². The molecule has 0 amide bonds. The van der Waals surface area contributed by atoms with E-state index in [0.717, 1.165) is 0 Å². The Morgan fingerprint density at radius 2 is 1.84 bits per heavy atom. The van der Waals surface area contributed by atoms with Crippen LogP contribution in [-0.2, 0) is 0 Å². The molecule has 2 aromatic heterocycles. The number of imidazole rings is 1. The second-order valence-corrected chi connectivity index (χ2v) is 4.04. The van der Waals surface area contributed by atoms with Gasteiger partial charge in [-0.1, -0.05) is 30.3 Å². The molecule has 0 aliphatic rings. The van der Waals surface area contributed by atoms with Gasteiger partial charge in [0.25, 0.3) is 0 Å². The Kier molecular flexibility index (Phi) is 2.90. The van der Waals surface area contributed by atoms with E-state index < -0.39 is 0 Å². The largest absolute Gasteiger partial charge is 0.290 e. The lowest BCUT2D eigenvalue weighted by Gasteiger charge is -2.07. The van der Waals surface area contributed by atoms with Crippen molar-refractivity contribution in [2.75, 3.05) is 0 Å². The van der Waals surface area contributed by atoms with Crippen LogP contribution >= 0.6 is 0 Å². The standard InChI is InChI=1S/C15H11N3O/c19-14(12-5-2-1-3-6-12)13-7-4-8-17-15(13)18-10-9-16-11-18/h1-11H. The van der Waals surface area contributed by atoms with Crippen molar-refractivity contribution in [2.24, 2.45) is 0 Å². The number of nitrogens with zero attached hydrogens (tertiary/aromatic N) is 3. The van der Waals surface area contributed by atoms with Gasteiger partial charge >= 0.3 is 0 Å². The van der Waals surface area contributed by atoms with Crippen LogP contribution in [0, 0.1) is 0 Å². The van der Waals surface area contributed by atoms with Crippen molar-refractivity contribution >= 4 is 5.78 Å². The third kappa shape index (κ3) is 2.15. The highest BCUT2D eigenvalue weighted by molar-refractivity contribution is 6.10. The maximum Gasteiger partial charge on any atom is 0.196 e. The summed E-state index contributed by atoms with van der Waals surface area (Å²) in [6.07, 6.45) is 6.72. The summed E-state index contributed by atoms with van der Waals surface area (Å²) in [5.41, 5.74) is 1.21. The van der Waals surface area contributed by atoms with Crippen LogP contribution in [0.15, 0.2) is 67.4 Å². The number of hydrogen-bond acceptors (Lipinski definition) is 3. The molecular weight excluding hydrogens is 238 g/mol. The van der Waals surface area contributed by atoms with Crippen molar-refractivity contribution in [1.82, 2.24) is 14.5 Å². The van der Waals surface area contributed by atoms with Gasteiger partial charge in [-0.05, 0) is 12.1 Å². The van der Waals surface area contributed by atoms with Crippen molar-refractivity contribution in [3.63, 3.8) is 0 Å². The monoisotopic (exact) mass is 249 g/mol.